The lowest BCUT2D eigenvalue weighted by Gasteiger charge is -2.09. The maximum Gasteiger partial charge on any atom is 0.157 e. The predicted octanol–water partition coefficient (Wildman–Crippen LogP) is 3.41. The highest BCUT2D eigenvalue weighted by Gasteiger charge is 2.03. The third-order valence-electron chi connectivity index (χ3n) is 2.91. The van der Waals surface area contributed by atoms with E-state index in [0.29, 0.717) is 0 Å². The van der Waals surface area contributed by atoms with Gasteiger partial charge in [-0.25, -0.2) is 4.98 Å². The first-order chi connectivity index (χ1) is 9.22. The summed E-state index contributed by atoms with van der Waals surface area (Å²) in [6.45, 7) is 2.81. The highest BCUT2D eigenvalue weighted by Crippen LogP contribution is 2.15. The Bertz CT molecular complexity index is 703. The van der Waals surface area contributed by atoms with E-state index in [0.717, 1.165) is 22.5 Å². The lowest BCUT2D eigenvalue weighted by molar-refractivity contribution is 0.941. The number of nitrogens with zero attached hydrogens (tertiary/aromatic N) is 3. The standard InChI is InChI=1S/C14H13BrN4/c1-10-6-13(19-14(7-10)17-9-18-19)16-8-11-2-4-12(15)5-3-11/h2-7,9,16H,8H2,1H3. The Kier molecular flexibility index (Phi) is 3.21. The number of rotatable bonds is 3. The molecule has 96 valence electrons. The minimum Gasteiger partial charge on any atom is -0.366 e. The number of halogens is 1. The fourth-order valence-electron chi connectivity index (χ4n) is 1.98. The summed E-state index contributed by atoms with van der Waals surface area (Å²) in [4.78, 5) is 4.21. The lowest BCUT2D eigenvalue weighted by atomic mass is 10.2. The van der Waals surface area contributed by atoms with Crippen molar-refractivity contribution >= 4 is 27.4 Å². The van der Waals surface area contributed by atoms with Crippen molar-refractivity contribution in [2.75, 3.05) is 5.32 Å². The van der Waals surface area contributed by atoms with Gasteiger partial charge in [0.2, 0.25) is 0 Å². The van der Waals surface area contributed by atoms with Gasteiger partial charge in [-0.3, -0.25) is 0 Å². The van der Waals surface area contributed by atoms with E-state index in [1.807, 2.05) is 22.7 Å². The van der Waals surface area contributed by atoms with Crippen molar-refractivity contribution in [3.8, 4) is 0 Å². The molecule has 0 amide bonds. The van der Waals surface area contributed by atoms with Gasteiger partial charge in [-0.05, 0) is 42.3 Å². The lowest BCUT2D eigenvalue weighted by Crippen LogP contribution is -2.05. The average Bonchev–Trinajstić information content (AvgIpc) is 2.85. The molecule has 0 aliphatic heterocycles. The molecule has 5 heteroatoms. The van der Waals surface area contributed by atoms with Crippen LogP contribution in [0.4, 0.5) is 5.82 Å². The molecule has 19 heavy (non-hydrogen) atoms. The Balaban J connectivity index is 1.85. The van der Waals surface area contributed by atoms with Crippen LogP contribution in [0.2, 0.25) is 0 Å². The zero-order chi connectivity index (χ0) is 13.2. The van der Waals surface area contributed by atoms with Crippen molar-refractivity contribution in [2.24, 2.45) is 0 Å². The van der Waals surface area contributed by atoms with E-state index in [1.165, 1.54) is 11.1 Å². The minimum atomic E-state index is 0.756. The van der Waals surface area contributed by atoms with Crippen molar-refractivity contribution in [1.82, 2.24) is 14.6 Å². The largest absolute Gasteiger partial charge is 0.366 e. The second kappa shape index (κ2) is 5.01. The molecular weight excluding hydrogens is 304 g/mol. The van der Waals surface area contributed by atoms with E-state index in [9.17, 15) is 0 Å². The van der Waals surface area contributed by atoms with E-state index >= 15 is 0 Å². The monoisotopic (exact) mass is 316 g/mol. The molecule has 0 radical (unpaired) electrons. The molecule has 0 bridgehead atoms. The Morgan fingerprint density at radius 2 is 2.00 bits per heavy atom. The van der Waals surface area contributed by atoms with Crippen LogP contribution in [0.5, 0.6) is 0 Å². The number of aromatic nitrogens is 3. The van der Waals surface area contributed by atoms with Crippen molar-refractivity contribution < 1.29 is 0 Å². The van der Waals surface area contributed by atoms with Crippen LogP contribution in [0, 0.1) is 6.92 Å². The quantitative estimate of drug-likeness (QED) is 0.805. The molecule has 1 aromatic carbocycles. The maximum atomic E-state index is 4.22. The van der Waals surface area contributed by atoms with Crippen LogP contribution in [0.25, 0.3) is 5.65 Å². The van der Waals surface area contributed by atoms with Crippen LogP contribution in [0.1, 0.15) is 11.1 Å². The third-order valence-corrected chi connectivity index (χ3v) is 3.44. The molecule has 1 N–H and O–H groups in total. The first-order valence-electron chi connectivity index (χ1n) is 6.01. The summed E-state index contributed by atoms with van der Waals surface area (Å²) in [6.07, 6.45) is 1.57. The van der Waals surface area contributed by atoms with E-state index in [2.05, 4.69) is 56.5 Å². The van der Waals surface area contributed by atoms with Crippen molar-refractivity contribution in [2.45, 2.75) is 13.5 Å². The molecule has 3 aromatic rings. The molecule has 4 nitrogen and oxygen atoms in total. The Morgan fingerprint density at radius 3 is 2.79 bits per heavy atom. The molecular formula is C14H13BrN4. The topological polar surface area (TPSA) is 42.2 Å². The van der Waals surface area contributed by atoms with Crippen molar-refractivity contribution in [3.05, 3.63) is 58.3 Å². The second-order valence-electron chi connectivity index (χ2n) is 4.43. The molecule has 2 aromatic heterocycles. The number of aryl methyl sites for hydroxylation is 1. The molecule has 2 heterocycles. The van der Waals surface area contributed by atoms with Crippen LogP contribution in [-0.4, -0.2) is 14.6 Å². The summed E-state index contributed by atoms with van der Waals surface area (Å²) in [7, 11) is 0. The smallest absolute Gasteiger partial charge is 0.157 e. The Hall–Kier alpha value is -1.88. The molecule has 0 aliphatic rings. The van der Waals surface area contributed by atoms with Crippen LogP contribution in [0.3, 0.4) is 0 Å². The third kappa shape index (κ3) is 2.61. The molecule has 0 fully saturated rings. The number of hydrogen-bond acceptors (Lipinski definition) is 3. The molecule has 3 rings (SSSR count). The van der Waals surface area contributed by atoms with Crippen LogP contribution >= 0.6 is 15.9 Å². The normalized spacial score (nSPS) is 10.8. The second-order valence-corrected chi connectivity index (χ2v) is 5.34. The highest BCUT2D eigenvalue weighted by atomic mass is 79.9. The zero-order valence-corrected chi connectivity index (χ0v) is 12.1. The number of fused-ring (bicyclic) bond motifs is 1. The molecule has 0 aliphatic carbocycles. The van der Waals surface area contributed by atoms with Gasteiger partial charge in [0.1, 0.15) is 12.1 Å². The number of anilines is 1. The SMILES string of the molecule is Cc1cc(NCc2ccc(Br)cc2)n2ncnc2c1. The van der Waals surface area contributed by atoms with Crippen molar-refractivity contribution in [1.29, 1.82) is 0 Å². The van der Waals surface area contributed by atoms with Gasteiger partial charge in [0.05, 0.1) is 0 Å². The van der Waals surface area contributed by atoms with Crippen LogP contribution < -0.4 is 5.32 Å². The van der Waals surface area contributed by atoms with Gasteiger partial charge < -0.3 is 5.32 Å². The molecule has 0 unspecified atom stereocenters. The van der Waals surface area contributed by atoms with E-state index < -0.39 is 0 Å². The summed E-state index contributed by atoms with van der Waals surface area (Å²) in [5.41, 5.74) is 3.25. The van der Waals surface area contributed by atoms with E-state index in [4.69, 9.17) is 0 Å². The molecule has 0 atom stereocenters. The van der Waals surface area contributed by atoms with Crippen LogP contribution in [0.15, 0.2) is 47.2 Å². The Labute approximate surface area is 119 Å². The summed E-state index contributed by atoms with van der Waals surface area (Å²) in [5, 5.41) is 7.62. The first-order valence-corrected chi connectivity index (χ1v) is 6.80. The van der Waals surface area contributed by atoms with Crippen LogP contribution in [-0.2, 0) is 6.54 Å². The summed E-state index contributed by atoms with van der Waals surface area (Å²) in [5.74, 6) is 0.954. The summed E-state index contributed by atoms with van der Waals surface area (Å²) in [6, 6.07) is 12.3. The van der Waals surface area contributed by atoms with Gasteiger partial charge in [0.25, 0.3) is 0 Å². The van der Waals surface area contributed by atoms with Crippen molar-refractivity contribution in [3.63, 3.8) is 0 Å². The number of pyridine rings is 1. The number of benzene rings is 1. The Morgan fingerprint density at radius 1 is 1.21 bits per heavy atom. The van der Waals surface area contributed by atoms with Gasteiger partial charge in [-0.1, -0.05) is 28.1 Å². The zero-order valence-electron chi connectivity index (χ0n) is 10.5. The number of nitrogens with one attached hydrogen (secondary N) is 1. The van der Waals surface area contributed by atoms with Gasteiger partial charge in [-0.15, -0.1) is 0 Å². The highest BCUT2D eigenvalue weighted by molar-refractivity contribution is 9.10. The molecule has 0 spiro atoms. The average molecular weight is 317 g/mol. The van der Waals surface area contributed by atoms with E-state index in [-0.39, 0.29) is 0 Å². The molecule has 0 saturated heterocycles. The fraction of sp³-hybridized carbons (Fsp3) is 0.143. The van der Waals surface area contributed by atoms with E-state index in [1.54, 1.807) is 6.33 Å². The van der Waals surface area contributed by atoms with Gasteiger partial charge >= 0.3 is 0 Å². The predicted molar refractivity (Wildman–Crippen MR) is 79.2 cm³/mol. The fourth-order valence-corrected chi connectivity index (χ4v) is 2.24. The molecule has 0 saturated carbocycles. The minimum absolute atomic E-state index is 0.756. The van der Waals surface area contributed by atoms with Gasteiger partial charge in [0, 0.05) is 11.0 Å². The summed E-state index contributed by atoms with van der Waals surface area (Å²) >= 11 is 3.44. The van der Waals surface area contributed by atoms with Gasteiger partial charge in [0.15, 0.2) is 5.65 Å². The summed E-state index contributed by atoms with van der Waals surface area (Å²) < 4.78 is 2.90. The first kappa shape index (κ1) is 12.2. The number of hydrogen-bond donors (Lipinski definition) is 1. The van der Waals surface area contributed by atoms with Gasteiger partial charge in [-0.2, -0.15) is 9.61 Å². The maximum absolute atomic E-state index is 4.22.